The number of nitrogens with two attached hydrogens (primary N) is 1. The quantitative estimate of drug-likeness (QED) is 0.349. The van der Waals surface area contributed by atoms with Crippen LogP contribution >= 0.6 is 23.2 Å². The third-order valence-electron chi connectivity index (χ3n) is 7.34. The van der Waals surface area contributed by atoms with Crippen LogP contribution in [0.5, 0.6) is 0 Å². The maximum Gasteiger partial charge on any atom is 0.410 e. The van der Waals surface area contributed by atoms with Gasteiger partial charge in [-0.05, 0) is 57.9 Å². The highest BCUT2D eigenvalue weighted by Crippen LogP contribution is 2.48. The first-order chi connectivity index (χ1) is 17.4. The number of rotatable bonds is 6. The molecular formula is C25H34Cl2N6O3S. The van der Waals surface area contributed by atoms with Crippen LogP contribution in [0.1, 0.15) is 58.6 Å². The molecule has 4 rings (SSSR count). The largest absolute Gasteiger partial charge is 0.598 e. The fourth-order valence-corrected chi connectivity index (χ4v) is 6.68. The first-order valence-electron chi connectivity index (χ1n) is 12.4. The number of hydrogen-bond donors (Lipinski definition) is 4. The van der Waals surface area contributed by atoms with Gasteiger partial charge in [-0.25, -0.2) is 14.8 Å². The van der Waals surface area contributed by atoms with E-state index in [2.05, 4.69) is 14.9 Å². The average molecular weight is 570 g/mol. The Hall–Kier alpha value is -1.82. The summed E-state index contributed by atoms with van der Waals surface area (Å²) >= 11 is 11.5. The minimum atomic E-state index is -1.26. The number of nitrogens with zero attached hydrogens (tertiary/aromatic N) is 3. The fraction of sp³-hybridized carbons (Fsp3) is 0.560. The molecular weight excluding hydrogens is 535 g/mol. The predicted molar refractivity (Wildman–Crippen MR) is 150 cm³/mol. The van der Waals surface area contributed by atoms with Crippen LogP contribution < -0.4 is 20.7 Å². The van der Waals surface area contributed by atoms with Crippen molar-refractivity contribution in [2.45, 2.75) is 70.2 Å². The first-order valence-corrected chi connectivity index (χ1v) is 14.3. The number of nitrogens with one attached hydrogen (secondary N) is 2. The van der Waals surface area contributed by atoms with Crippen molar-refractivity contribution in [1.82, 2.24) is 14.7 Å². The summed E-state index contributed by atoms with van der Waals surface area (Å²) in [6.07, 6.45) is 3.76. The van der Waals surface area contributed by atoms with Crippen LogP contribution in [0.25, 0.3) is 11.3 Å². The third-order valence-corrected chi connectivity index (χ3v) is 9.77. The van der Waals surface area contributed by atoms with Crippen LogP contribution in [0.15, 0.2) is 18.2 Å². The van der Waals surface area contributed by atoms with Crippen molar-refractivity contribution in [1.29, 1.82) is 0 Å². The lowest BCUT2D eigenvalue weighted by Gasteiger charge is -2.44. The number of anilines is 2. The smallest absolute Gasteiger partial charge is 0.410 e. The van der Waals surface area contributed by atoms with Crippen LogP contribution in [0.3, 0.4) is 0 Å². The van der Waals surface area contributed by atoms with Gasteiger partial charge in [0.15, 0.2) is 11.6 Å². The Labute approximate surface area is 230 Å². The van der Waals surface area contributed by atoms with E-state index in [1.165, 1.54) is 0 Å². The lowest BCUT2D eigenvalue weighted by atomic mass is 9.74. The van der Waals surface area contributed by atoms with E-state index in [9.17, 15) is 14.5 Å². The van der Waals surface area contributed by atoms with Gasteiger partial charge in [-0.2, -0.15) is 0 Å². The van der Waals surface area contributed by atoms with E-state index < -0.39 is 17.5 Å². The second-order valence-corrected chi connectivity index (χ2v) is 13.5. The van der Waals surface area contributed by atoms with E-state index in [1.54, 1.807) is 18.2 Å². The first kappa shape index (κ1) is 28.2. The van der Waals surface area contributed by atoms with Gasteiger partial charge in [0, 0.05) is 36.6 Å². The predicted octanol–water partition coefficient (Wildman–Crippen LogP) is 5.19. The second-order valence-electron chi connectivity index (χ2n) is 10.7. The van der Waals surface area contributed by atoms with Gasteiger partial charge in [-0.15, -0.1) is 4.72 Å². The Bertz CT molecular complexity index is 1150. The fourth-order valence-electron chi connectivity index (χ4n) is 5.31. The molecule has 1 saturated carbocycles. The molecule has 0 bridgehead atoms. The number of benzene rings is 1. The van der Waals surface area contributed by atoms with Gasteiger partial charge in [0.1, 0.15) is 10.4 Å². The average Bonchev–Trinajstić information content (AvgIpc) is 3.21. The van der Waals surface area contributed by atoms with Gasteiger partial charge in [0.2, 0.25) is 0 Å². The number of piperidine rings is 1. The molecule has 1 spiro atoms. The zero-order chi connectivity index (χ0) is 27.0. The minimum Gasteiger partial charge on any atom is -0.598 e. The zero-order valence-corrected chi connectivity index (χ0v) is 23.6. The van der Waals surface area contributed by atoms with Crippen LogP contribution in [0.4, 0.5) is 16.4 Å². The van der Waals surface area contributed by atoms with Crippen molar-refractivity contribution in [3.05, 3.63) is 33.9 Å². The summed E-state index contributed by atoms with van der Waals surface area (Å²) in [4.78, 5) is 23.1. The van der Waals surface area contributed by atoms with Gasteiger partial charge in [0.25, 0.3) is 0 Å². The molecule has 5 N–H and O–H groups in total. The second kappa shape index (κ2) is 11.1. The molecule has 202 valence electrons. The number of hydrogen-bond acceptors (Lipinski definition) is 7. The molecule has 37 heavy (non-hydrogen) atoms. The van der Waals surface area contributed by atoms with Crippen molar-refractivity contribution >= 4 is 52.3 Å². The summed E-state index contributed by atoms with van der Waals surface area (Å²) in [5.41, 5.74) is 7.45. The van der Waals surface area contributed by atoms with Crippen LogP contribution in [-0.4, -0.2) is 49.6 Å². The van der Waals surface area contributed by atoms with Crippen molar-refractivity contribution in [3.8, 4) is 11.3 Å². The molecule has 2 aromatic rings. The molecule has 1 aliphatic carbocycles. The molecule has 2 fully saturated rings. The van der Waals surface area contributed by atoms with Gasteiger partial charge in [0.05, 0.1) is 21.8 Å². The number of carboxylic acid groups (broad SMARTS) is 1. The van der Waals surface area contributed by atoms with E-state index in [4.69, 9.17) is 38.9 Å². The summed E-state index contributed by atoms with van der Waals surface area (Å²) in [6, 6.07) is 5.28. The zero-order valence-electron chi connectivity index (χ0n) is 21.3. The van der Waals surface area contributed by atoms with Gasteiger partial charge < -0.3 is 20.3 Å². The summed E-state index contributed by atoms with van der Waals surface area (Å²) in [6.45, 7) is 7.50. The normalized spacial score (nSPS) is 20.3. The third kappa shape index (κ3) is 5.94. The molecule has 1 aromatic heterocycles. The Balaban J connectivity index is 1.62. The van der Waals surface area contributed by atoms with Crippen LogP contribution in [-0.2, 0) is 17.9 Å². The summed E-state index contributed by atoms with van der Waals surface area (Å²) in [5, 5.41) is 12.4. The number of halogens is 2. The number of aromatic nitrogens is 2. The highest BCUT2D eigenvalue weighted by Gasteiger charge is 2.48. The van der Waals surface area contributed by atoms with E-state index in [0.717, 1.165) is 32.1 Å². The lowest BCUT2D eigenvalue weighted by Crippen LogP contribution is -2.53. The van der Waals surface area contributed by atoms with E-state index in [-0.39, 0.29) is 39.3 Å². The summed E-state index contributed by atoms with van der Waals surface area (Å²) in [7, 11) is 0. The molecule has 2 heterocycles. The Kier molecular flexibility index (Phi) is 8.47. The Morgan fingerprint density at radius 3 is 2.59 bits per heavy atom. The van der Waals surface area contributed by atoms with Crippen molar-refractivity contribution in [2.75, 3.05) is 23.3 Å². The summed E-state index contributed by atoms with van der Waals surface area (Å²) < 4.78 is 15.9. The molecule has 2 atom stereocenters. The Morgan fingerprint density at radius 1 is 1.27 bits per heavy atom. The molecule has 1 unspecified atom stereocenters. The van der Waals surface area contributed by atoms with Gasteiger partial charge >= 0.3 is 6.09 Å². The molecule has 9 nitrogen and oxygen atoms in total. The monoisotopic (exact) mass is 568 g/mol. The molecule has 1 aromatic carbocycles. The maximum atomic E-state index is 12.8. The molecule has 1 amide bonds. The maximum absolute atomic E-state index is 12.8. The molecule has 1 aliphatic heterocycles. The number of amides is 1. The molecule has 2 aliphatic rings. The van der Waals surface area contributed by atoms with Gasteiger partial charge in [-0.1, -0.05) is 41.8 Å². The standard InChI is InChI=1S/C25H34Cl2N6O3S/c1-24(2,3)37(36)32-18-8-5-9-25(18)10-12-33(13-11-25)22-17(14-28)29-20(21(30-22)31-23(34)35)15-6-4-7-16(26)19(15)27/h4,6-7,18,32H,5,8-14,28H2,1-3H3,(H,30,31)(H,34,35)/t18-,37?/m1/s1. The van der Waals surface area contributed by atoms with Crippen LogP contribution in [0, 0.1) is 5.41 Å². The topological polar surface area (TPSA) is 139 Å². The molecule has 1 saturated heterocycles. The van der Waals surface area contributed by atoms with Gasteiger partial charge in [-0.3, -0.25) is 5.32 Å². The van der Waals surface area contributed by atoms with E-state index in [0.29, 0.717) is 35.2 Å². The highest BCUT2D eigenvalue weighted by molar-refractivity contribution is 7.90. The minimum absolute atomic E-state index is 0.0735. The lowest BCUT2D eigenvalue weighted by molar-refractivity contribution is 0.186. The highest BCUT2D eigenvalue weighted by atomic mass is 35.5. The Morgan fingerprint density at radius 2 is 1.97 bits per heavy atom. The number of carbonyl (C=O) groups is 1. The molecule has 0 radical (unpaired) electrons. The molecule has 12 heteroatoms. The van der Waals surface area contributed by atoms with Crippen molar-refractivity contribution < 1.29 is 14.5 Å². The summed E-state index contributed by atoms with van der Waals surface area (Å²) in [5.74, 6) is 0.633. The van der Waals surface area contributed by atoms with Crippen molar-refractivity contribution in [3.63, 3.8) is 0 Å². The SMILES string of the molecule is CC(C)(C)[S+]([O-])N[C@@H]1CCCC12CCN(c1nc(NC(=O)O)c(-c3cccc(Cl)c3Cl)nc1CN)CC2. The van der Waals surface area contributed by atoms with E-state index in [1.807, 2.05) is 20.8 Å². The van der Waals surface area contributed by atoms with E-state index >= 15 is 0 Å². The van der Waals surface area contributed by atoms with Crippen molar-refractivity contribution in [2.24, 2.45) is 11.1 Å². The van der Waals surface area contributed by atoms with Crippen LogP contribution in [0.2, 0.25) is 10.0 Å².